The Morgan fingerprint density at radius 3 is 1.87 bits per heavy atom. The summed E-state index contributed by atoms with van der Waals surface area (Å²) in [6, 6.07) is 73.3. The van der Waals surface area contributed by atoms with Crippen LogP contribution in [-0.4, -0.2) is 17.3 Å². The van der Waals surface area contributed by atoms with Crippen molar-refractivity contribution < 1.29 is 0 Å². The molecule has 0 bridgehead atoms. The maximum Gasteiger partial charge on any atom is 0.203 e. The van der Waals surface area contributed by atoms with Gasteiger partial charge in [0.2, 0.25) is 6.29 Å². The van der Waals surface area contributed by atoms with Crippen LogP contribution < -0.4 is 4.90 Å². The first-order valence-corrected chi connectivity index (χ1v) is 21.8. The first kappa shape index (κ1) is 34.3. The summed E-state index contributed by atoms with van der Waals surface area (Å²) in [6.07, 6.45) is -0.373. The molecule has 0 fully saturated rings. The number of rotatable bonds is 4. The monoisotopic (exact) mass is 795 g/mol. The highest BCUT2D eigenvalue weighted by molar-refractivity contribution is 7.27. The highest BCUT2D eigenvalue weighted by Gasteiger charge is 2.33. The van der Waals surface area contributed by atoms with E-state index in [0.29, 0.717) is 0 Å². The highest BCUT2D eigenvalue weighted by Crippen LogP contribution is 2.51. The summed E-state index contributed by atoms with van der Waals surface area (Å²) in [5.74, 6) is 0. The van der Waals surface area contributed by atoms with E-state index < -0.39 is 0 Å². The van der Waals surface area contributed by atoms with Gasteiger partial charge in [0.1, 0.15) is 0 Å². The Hall–Kier alpha value is -7.53. The number of fused-ring (bicyclic) bond motifs is 14. The predicted molar refractivity (Wildman–Crippen MR) is 262 cm³/mol. The summed E-state index contributed by atoms with van der Waals surface area (Å²) in [4.78, 5) is 8.37. The molecule has 0 amide bonds. The Morgan fingerprint density at radius 1 is 0.443 bits per heavy atom. The number of aliphatic imine (C=N–C) groups is 1. The maximum atomic E-state index is 5.97. The van der Waals surface area contributed by atoms with Crippen LogP contribution in [0.15, 0.2) is 205 Å². The molecule has 0 N–H and O–H groups in total. The molecule has 1 unspecified atom stereocenters. The van der Waals surface area contributed by atoms with Gasteiger partial charge in [0.25, 0.3) is 0 Å². The number of para-hydroxylation sites is 1. The van der Waals surface area contributed by atoms with Crippen molar-refractivity contribution in [2.75, 3.05) is 11.9 Å². The fourth-order valence-corrected chi connectivity index (χ4v) is 11.7. The molecule has 61 heavy (non-hydrogen) atoms. The zero-order valence-corrected chi connectivity index (χ0v) is 34.2. The molecule has 12 aromatic rings. The average Bonchev–Trinajstić information content (AvgIpc) is 3.89. The largest absolute Gasteiger partial charge is 0.335 e. The lowest BCUT2D eigenvalue weighted by Gasteiger charge is -2.36. The minimum Gasteiger partial charge on any atom is -0.335 e. The van der Waals surface area contributed by atoms with Crippen molar-refractivity contribution in [2.24, 2.45) is 4.99 Å². The molecule has 10 aromatic carbocycles. The standard InChI is InChI=1S/C57H37N3S/c1-59-49-33-32-37-19-6-8-24-41(37)52(49)53(45-29-14-20-36-18-5-7-23-40(36)45)58-57(59)60-48-31-12-11-27-46(48)50-43-25-9-10-26-44(43)51-47-30-15-28-42(55(47)61-56(51)54(50)60)39-22-13-21-38(34-39)35-16-3-2-4-17-35/h2-34,57H,1H3. The van der Waals surface area contributed by atoms with Gasteiger partial charge in [-0.2, -0.15) is 0 Å². The normalized spacial score (nSPS) is 14.2. The van der Waals surface area contributed by atoms with E-state index in [2.05, 4.69) is 217 Å². The van der Waals surface area contributed by atoms with Gasteiger partial charge in [-0.3, -0.25) is 4.57 Å². The molecule has 3 nitrogen and oxygen atoms in total. The van der Waals surface area contributed by atoms with Crippen molar-refractivity contribution in [1.29, 1.82) is 0 Å². The van der Waals surface area contributed by atoms with Gasteiger partial charge in [-0.25, -0.2) is 4.99 Å². The molecular weight excluding hydrogens is 759 g/mol. The second-order valence-corrected chi connectivity index (χ2v) is 17.3. The van der Waals surface area contributed by atoms with E-state index in [-0.39, 0.29) is 6.29 Å². The third-order valence-corrected chi connectivity index (χ3v) is 14.2. The third-order valence-electron chi connectivity index (χ3n) is 13.0. The molecule has 0 aliphatic carbocycles. The first-order valence-electron chi connectivity index (χ1n) is 21.0. The lowest BCUT2D eigenvalue weighted by Crippen LogP contribution is -2.34. The van der Waals surface area contributed by atoms with Crippen LogP contribution >= 0.6 is 11.3 Å². The van der Waals surface area contributed by atoms with E-state index in [1.807, 2.05) is 11.3 Å². The topological polar surface area (TPSA) is 20.5 Å². The van der Waals surface area contributed by atoms with E-state index in [1.54, 1.807) is 0 Å². The van der Waals surface area contributed by atoms with Crippen molar-refractivity contribution in [1.82, 2.24) is 4.57 Å². The molecule has 1 aliphatic rings. The number of hydrogen-bond acceptors (Lipinski definition) is 3. The van der Waals surface area contributed by atoms with Crippen molar-refractivity contribution in [3.8, 4) is 22.3 Å². The first-order chi connectivity index (χ1) is 30.2. The van der Waals surface area contributed by atoms with E-state index in [9.17, 15) is 0 Å². The molecule has 0 spiro atoms. The summed E-state index contributed by atoms with van der Waals surface area (Å²) in [5, 5.41) is 12.5. The molecular formula is C57H37N3S. The zero-order valence-electron chi connectivity index (χ0n) is 33.4. The maximum absolute atomic E-state index is 5.97. The predicted octanol–water partition coefficient (Wildman–Crippen LogP) is 15.4. The van der Waals surface area contributed by atoms with E-state index >= 15 is 0 Å². The summed E-state index contributed by atoms with van der Waals surface area (Å²) in [6.45, 7) is 0. The number of hydrogen-bond donors (Lipinski definition) is 0. The van der Waals surface area contributed by atoms with Gasteiger partial charge in [0, 0.05) is 50.1 Å². The molecule has 1 atom stereocenters. The molecule has 286 valence electrons. The molecule has 0 radical (unpaired) electrons. The van der Waals surface area contributed by atoms with Crippen LogP contribution in [0, 0.1) is 0 Å². The summed E-state index contributed by atoms with van der Waals surface area (Å²) in [5.41, 5.74) is 11.8. The Bertz CT molecular complexity index is 3790. The fraction of sp³-hybridized carbons (Fsp3) is 0.0351. The van der Waals surface area contributed by atoms with Crippen LogP contribution in [-0.2, 0) is 0 Å². The molecule has 3 heterocycles. The number of aromatic nitrogens is 1. The Morgan fingerprint density at radius 2 is 1.03 bits per heavy atom. The van der Waals surface area contributed by atoms with Crippen LogP contribution in [0.2, 0.25) is 0 Å². The lowest BCUT2D eigenvalue weighted by molar-refractivity contribution is 0.542. The second kappa shape index (κ2) is 13.2. The van der Waals surface area contributed by atoms with Crippen LogP contribution in [0.5, 0.6) is 0 Å². The van der Waals surface area contributed by atoms with Gasteiger partial charge in [-0.05, 0) is 72.8 Å². The Balaban J connectivity index is 1.15. The van der Waals surface area contributed by atoms with Gasteiger partial charge >= 0.3 is 0 Å². The fourth-order valence-electron chi connectivity index (χ4n) is 10.3. The molecule has 0 saturated heterocycles. The van der Waals surface area contributed by atoms with Crippen LogP contribution in [0.1, 0.15) is 17.4 Å². The van der Waals surface area contributed by atoms with Crippen molar-refractivity contribution >= 4 is 97.0 Å². The minimum atomic E-state index is -0.373. The van der Waals surface area contributed by atoms with Gasteiger partial charge in [-0.1, -0.05) is 182 Å². The van der Waals surface area contributed by atoms with E-state index in [1.165, 1.54) is 108 Å². The van der Waals surface area contributed by atoms with Crippen LogP contribution in [0.25, 0.3) is 96.5 Å². The molecule has 0 saturated carbocycles. The highest BCUT2D eigenvalue weighted by atomic mass is 32.1. The van der Waals surface area contributed by atoms with Gasteiger partial charge in [0.15, 0.2) is 0 Å². The van der Waals surface area contributed by atoms with Crippen LogP contribution in [0.3, 0.4) is 0 Å². The summed E-state index contributed by atoms with van der Waals surface area (Å²) < 4.78 is 5.13. The van der Waals surface area contributed by atoms with Crippen molar-refractivity contribution in [2.45, 2.75) is 6.29 Å². The number of benzene rings is 10. The number of anilines is 1. The number of nitrogens with zero attached hydrogens (tertiary/aromatic N) is 3. The quantitative estimate of drug-likeness (QED) is 0.174. The van der Waals surface area contributed by atoms with Crippen molar-refractivity contribution in [3.63, 3.8) is 0 Å². The Kier molecular flexibility index (Phi) is 7.45. The molecule has 4 heteroatoms. The van der Waals surface area contributed by atoms with E-state index in [4.69, 9.17) is 4.99 Å². The van der Waals surface area contributed by atoms with Gasteiger partial charge in [0.05, 0.1) is 21.4 Å². The van der Waals surface area contributed by atoms with Crippen LogP contribution in [0.4, 0.5) is 5.69 Å². The van der Waals surface area contributed by atoms with Gasteiger partial charge < -0.3 is 4.90 Å². The summed E-state index contributed by atoms with van der Waals surface area (Å²) in [7, 11) is 2.23. The van der Waals surface area contributed by atoms with E-state index in [0.717, 1.165) is 11.3 Å². The van der Waals surface area contributed by atoms with Gasteiger partial charge in [-0.15, -0.1) is 11.3 Å². The second-order valence-electron chi connectivity index (χ2n) is 16.2. The smallest absolute Gasteiger partial charge is 0.203 e. The zero-order chi connectivity index (χ0) is 40.2. The average molecular weight is 796 g/mol. The number of thiophene rings is 1. The third kappa shape index (κ3) is 5.00. The lowest BCUT2D eigenvalue weighted by atomic mass is 9.90. The molecule has 2 aromatic heterocycles. The summed E-state index contributed by atoms with van der Waals surface area (Å²) >= 11 is 1.92. The Labute approximate surface area is 356 Å². The minimum absolute atomic E-state index is 0.373. The molecule has 1 aliphatic heterocycles. The molecule has 13 rings (SSSR count). The van der Waals surface area contributed by atoms with Crippen molar-refractivity contribution in [3.05, 3.63) is 211 Å². The SMILES string of the molecule is CN1c2ccc3ccccc3c2C(c2cccc3ccccc23)=NC1n1c2ccccc2c2c3ccccc3c3c4cccc(-c5cccc(-c6ccccc6)c5)c4sc3c21.